The molecular weight excluding hydrogens is 169 g/mol. The van der Waals surface area contributed by atoms with Gasteiger partial charge in [0.1, 0.15) is 5.76 Å². The van der Waals surface area contributed by atoms with Crippen molar-refractivity contribution < 1.29 is 17.9 Å². The van der Waals surface area contributed by atoms with Crippen LogP contribution in [0.4, 0.5) is 13.2 Å². The van der Waals surface area contributed by atoms with Crippen molar-refractivity contribution in [3.05, 3.63) is 24.0 Å². The molecule has 0 aliphatic rings. The lowest BCUT2D eigenvalue weighted by atomic mass is 10.4. The zero-order valence-electron chi connectivity index (χ0n) is 6.98. The molecule has 0 radical (unpaired) electrons. The van der Waals surface area contributed by atoms with Crippen molar-refractivity contribution in [2.45, 2.75) is 26.6 Å². The van der Waals surface area contributed by atoms with Crippen LogP contribution >= 0.6 is 0 Å². The van der Waals surface area contributed by atoms with Gasteiger partial charge in [0.2, 0.25) is 0 Å². The third-order valence-electron chi connectivity index (χ3n) is 0.979. The van der Waals surface area contributed by atoms with Crippen molar-refractivity contribution in [3.63, 3.8) is 0 Å². The van der Waals surface area contributed by atoms with Crippen LogP contribution in [-0.4, -0.2) is 6.36 Å². The normalized spacial score (nSPS) is 13.9. The number of hydrogen-bond donors (Lipinski definition) is 0. The molecule has 0 aromatic rings. The average molecular weight is 180 g/mol. The zero-order chi connectivity index (χ0) is 9.61. The molecule has 0 spiro atoms. The Bertz CT molecular complexity index is 179. The summed E-state index contributed by atoms with van der Waals surface area (Å²) < 4.78 is 38.2. The number of ether oxygens (including phenoxy) is 1. The second kappa shape index (κ2) is 4.85. The molecule has 0 N–H and O–H groups in total. The Morgan fingerprint density at radius 2 is 2.00 bits per heavy atom. The highest BCUT2D eigenvalue weighted by Gasteiger charge is 2.30. The first-order valence-corrected chi connectivity index (χ1v) is 3.55. The SMILES string of the molecule is CC/C=C\C=C(/C)OC(F)(F)F. The number of allylic oxidation sites excluding steroid dienone is 4. The molecule has 12 heavy (non-hydrogen) atoms. The molecular formula is C8H11F3O. The maximum atomic E-state index is 11.5. The molecule has 0 bridgehead atoms. The van der Waals surface area contributed by atoms with Crippen LogP contribution in [0.15, 0.2) is 24.0 Å². The number of hydrogen-bond acceptors (Lipinski definition) is 1. The van der Waals surface area contributed by atoms with Gasteiger partial charge in [0.15, 0.2) is 0 Å². The van der Waals surface area contributed by atoms with E-state index in [0.29, 0.717) is 0 Å². The number of halogens is 3. The van der Waals surface area contributed by atoms with Gasteiger partial charge < -0.3 is 4.74 Å². The van der Waals surface area contributed by atoms with Gasteiger partial charge in [-0.25, -0.2) is 0 Å². The fourth-order valence-corrected chi connectivity index (χ4v) is 0.556. The fourth-order valence-electron chi connectivity index (χ4n) is 0.556. The molecule has 0 saturated heterocycles. The lowest BCUT2D eigenvalue weighted by Crippen LogP contribution is -2.11. The van der Waals surface area contributed by atoms with Crippen molar-refractivity contribution in [1.82, 2.24) is 0 Å². The Labute approximate surface area is 69.5 Å². The summed E-state index contributed by atoms with van der Waals surface area (Å²) in [6, 6.07) is 0. The second-order valence-electron chi connectivity index (χ2n) is 2.16. The van der Waals surface area contributed by atoms with Gasteiger partial charge >= 0.3 is 6.36 Å². The molecule has 0 aromatic carbocycles. The topological polar surface area (TPSA) is 9.23 Å². The van der Waals surface area contributed by atoms with Crippen LogP contribution in [0.25, 0.3) is 0 Å². The molecule has 0 rings (SSSR count). The predicted octanol–water partition coefficient (Wildman–Crippen LogP) is 3.39. The highest BCUT2D eigenvalue weighted by atomic mass is 19.4. The van der Waals surface area contributed by atoms with E-state index in [-0.39, 0.29) is 5.76 Å². The van der Waals surface area contributed by atoms with Crippen LogP contribution < -0.4 is 0 Å². The Morgan fingerprint density at radius 1 is 1.42 bits per heavy atom. The van der Waals surface area contributed by atoms with Crippen molar-refractivity contribution in [2.75, 3.05) is 0 Å². The van der Waals surface area contributed by atoms with Gasteiger partial charge in [0, 0.05) is 0 Å². The molecule has 0 saturated carbocycles. The molecule has 0 atom stereocenters. The smallest absolute Gasteiger partial charge is 0.411 e. The van der Waals surface area contributed by atoms with E-state index in [2.05, 4.69) is 4.74 Å². The summed E-state index contributed by atoms with van der Waals surface area (Å²) in [5.41, 5.74) is 0. The van der Waals surface area contributed by atoms with Crippen LogP contribution in [0.5, 0.6) is 0 Å². The molecule has 0 unspecified atom stereocenters. The minimum absolute atomic E-state index is 0.160. The highest BCUT2D eigenvalue weighted by molar-refractivity contribution is 5.05. The van der Waals surface area contributed by atoms with Crippen molar-refractivity contribution in [2.24, 2.45) is 0 Å². The summed E-state index contributed by atoms with van der Waals surface area (Å²) in [5.74, 6) is -0.160. The maximum Gasteiger partial charge on any atom is 0.572 e. The predicted molar refractivity (Wildman–Crippen MR) is 40.3 cm³/mol. The van der Waals surface area contributed by atoms with Crippen LogP contribution in [-0.2, 0) is 4.74 Å². The summed E-state index contributed by atoms with van der Waals surface area (Å²) in [6.07, 6.45) is 0.748. The van der Waals surface area contributed by atoms with Gasteiger partial charge in [-0.3, -0.25) is 0 Å². The summed E-state index contributed by atoms with van der Waals surface area (Å²) in [5, 5.41) is 0. The Hall–Kier alpha value is -0.930. The standard InChI is InChI=1S/C8H11F3O/c1-3-4-5-6-7(2)12-8(9,10)11/h4-6H,3H2,1-2H3/b5-4-,7-6+. The lowest BCUT2D eigenvalue weighted by Gasteiger charge is -2.07. The van der Waals surface area contributed by atoms with E-state index in [1.54, 1.807) is 6.08 Å². The van der Waals surface area contributed by atoms with Gasteiger partial charge in [0.25, 0.3) is 0 Å². The first-order chi connectivity index (χ1) is 5.45. The van der Waals surface area contributed by atoms with Gasteiger partial charge in [-0.05, 0) is 19.4 Å². The maximum absolute atomic E-state index is 11.5. The van der Waals surface area contributed by atoms with E-state index in [4.69, 9.17) is 0 Å². The van der Waals surface area contributed by atoms with Crippen LogP contribution in [0.2, 0.25) is 0 Å². The van der Waals surface area contributed by atoms with Crippen molar-refractivity contribution >= 4 is 0 Å². The average Bonchev–Trinajstić information content (AvgIpc) is 1.84. The van der Waals surface area contributed by atoms with E-state index in [0.717, 1.165) is 6.42 Å². The third-order valence-corrected chi connectivity index (χ3v) is 0.979. The summed E-state index contributed by atoms with van der Waals surface area (Å²) in [6.45, 7) is 3.15. The molecule has 0 amide bonds. The minimum atomic E-state index is -4.58. The summed E-state index contributed by atoms with van der Waals surface area (Å²) >= 11 is 0. The van der Waals surface area contributed by atoms with E-state index >= 15 is 0 Å². The second-order valence-corrected chi connectivity index (χ2v) is 2.16. The third kappa shape index (κ3) is 7.18. The van der Waals surface area contributed by atoms with Crippen LogP contribution in [0.3, 0.4) is 0 Å². The number of alkyl halides is 3. The fraction of sp³-hybridized carbons (Fsp3) is 0.500. The molecule has 0 aliphatic heterocycles. The molecule has 0 aliphatic carbocycles. The van der Waals surface area contributed by atoms with E-state index in [1.165, 1.54) is 19.1 Å². The van der Waals surface area contributed by atoms with Gasteiger partial charge in [0.05, 0.1) is 0 Å². The van der Waals surface area contributed by atoms with Gasteiger partial charge in [-0.2, -0.15) is 0 Å². The highest BCUT2D eigenvalue weighted by Crippen LogP contribution is 2.20. The molecule has 70 valence electrons. The first kappa shape index (κ1) is 11.1. The number of rotatable bonds is 3. The molecule has 0 aromatic heterocycles. The van der Waals surface area contributed by atoms with Gasteiger partial charge in [-0.15, -0.1) is 13.2 Å². The Morgan fingerprint density at radius 3 is 2.42 bits per heavy atom. The first-order valence-electron chi connectivity index (χ1n) is 3.55. The van der Waals surface area contributed by atoms with E-state index in [1.807, 2.05) is 6.92 Å². The van der Waals surface area contributed by atoms with E-state index in [9.17, 15) is 13.2 Å². The van der Waals surface area contributed by atoms with Crippen LogP contribution in [0.1, 0.15) is 20.3 Å². The molecule has 0 fully saturated rings. The summed E-state index contributed by atoms with van der Waals surface area (Å²) in [7, 11) is 0. The monoisotopic (exact) mass is 180 g/mol. The Kier molecular flexibility index (Phi) is 4.47. The van der Waals surface area contributed by atoms with Crippen molar-refractivity contribution in [1.29, 1.82) is 0 Å². The molecule has 0 heterocycles. The lowest BCUT2D eigenvalue weighted by molar-refractivity contribution is -0.305. The van der Waals surface area contributed by atoms with Crippen LogP contribution in [0, 0.1) is 0 Å². The molecule has 4 heteroatoms. The Balaban J connectivity index is 3.94. The zero-order valence-corrected chi connectivity index (χ0v) is 6.98. The molecule has 1 nitrogen and oxygen atoms in total. The largest absolute Gasteiger partial charge is 0.572 e. The van der Waals surface area contributed by atoms with Gasteiger partial charge in [-0.1, -0.05) is 19.1 Å². The summed E-state index contributed by atoms with van der Waals surface area (Å²) in [4.78, 5) is 0. The van der Waals surface area contributed by atoms with Crippen molar-refractivity contribution in [3.8, 4) is 0 Å². The minimum Gasteiger partial charge on any atom is -0.411 e. The van der Waals surface area contributed by atoms with E-state index < -0.39 is 6.36 Å². The quantitative estimate of drug-likeness (QED) is 0.477.